The molecule has 2 N–H and O–H groups in total. The lowest BCUT2D eigenvalue weighted by atomic mass is 9.82. The van der Waals surface area contributed by atoms with E-state index in [2.05, 4.69) is 5.32 Å². The largest absolute Gasteiger partial charge is 0.396 e. The van der Waals surface area contributed by atoms with Crippen molar-refractivity contribution in [1.82, 2.24) is 5.32 Å². The van der Waals surface area contributed by atoms with E-state index in [0.717, 1.165) is 38.5 Å². The molecule has 0 spiro atoms. The zero-order valence-corrected chi connectivity index (χ0v) is 11.4. The highest BCUT2D eigenvalue weighted by Gasteiger charge is 2.27. The van der Waals surface area contributed by atoms with Crippen LogP contribution in [0.2, 0.25) is 0 Å². The summed E-state index contributed by atoms with van der Waals surface area (Å²) < 4.78 is 0. The zero-order chi connectivity index (χ0) is 12.8. The van der Waals surface area contributed by atoms with Crippen LogP contribution in [0.15, 0.2) is 0 Å². The molecule has 0 aromatic heterocycles. The fourth-order valence-corrected chi connectivity index (χ4v) is 3.35. The van der Waals surface area contributed by atoms with Gasteiger partial charge in [-0.2, -0.15) is 0 Å². The van der Waals surface area contributed by atoms with E-state index in [1.807, 2.05) is 0 Å². The minimum atomic E-state index is 0.205. The Kier molecular flexibility index (Phi) is 5.48. The number of hydrogen-bond donors (Lipinski definition) is 2. The smallest absolute Gasteiger partial charge is 0.223 e. The van der Waals surface area contributed by atoms with Crippen molar-refractivity contribution >= 4 is 5.91 Å². The summed E-state index contributed by atoms with van der Waals surface area (Å²) in [6.07, 6.45) is 11.5. The van der Waals surface area contributed by atoms with Gasteiger partial charge in [-0.25, -0.2) is 0 Å². The predicted octanol–water partition coefficient (Wildman–Crippen LogP) is 2.62. The molecule has 1 amide bonds. The van der Waals surface area contributed by atoms with Gasteiger partial charge < -0.3 is 10.4 Å². The molecule has 0 saturated heterocycles. The highest BCUT2D eigenvalue weighted by molar-refractivity contribution is 5.79. The van der Waals surface area contributed by atoms with Gasteiger partial charge in [-0.05, 0) is 44.4 Å². The SMILES string of the molecule is O=C(NC1CCCCCC1)C1CCC(CO)CC1. The number of amides is 1. The minimum Gasteiger partial charge on any atom is -0.396 e. The summed E-state index contributed by atoms with van der Waals surface area (Å²) in [6, 6.07) is 0.426. The van der Waals surface area contributed by atoms with Gasteiger partial charge in [0.15, 0.2) is 0 Å². The second kappa shape index (κ2) is 7.13. The van der Waals surface area contributed by atoms with Crippen LogP contribution in [-0.4, -0.2) is 23.7 Å². The molecule has 0 aromatic rings. The van der Waals surface area contributed by atoms with Crippen LogP contribution in [0.4, 0.5) is 0 Å². The molecule has 2 aliphatic carbocycles. The van der Waals surface area contributed by atoms with E-state index in [-0.39, 0.29) is 18.4 Å². The van der Waals surface area contributed by atoms with E-state index in [1.54, 1.807) is 0 Å². The summed E-state index contributed by atoms with van der Waals surface area (Å²) in [5.41, 5.74) is 0. The molecule has 2 saturated carbocycles. The fourth-order valence-electron chi connectivity index (χ4n) is 3.35. The average molecular weight is 253 g/mol. The van der Waals surface area contributed by atoms with E-state index in [0.29, 0.717) is 12.0 Å². The van der Waals surface area contributed by atoms with Crippen molar-refractivity contribution in [2.75, 3.05) is 6.61 Å². The molecule has 2 fully saturated rings. The summed E-state index contributed by atoms with van der Waals surface area (Å²) in [5.74, 6) is 0.918. The summed E-state index contributed by atoms with van der Waals surface area (Å²) >= 11 is 0. The number of hydrogen-bond acceptors (Lipinski definition) is 2. The first-order valence-corrected chi connectivity index (χ1v) is 7.71. The van der Waals surface area contributed by atoms with Crippen molar-refractivity contribution in [3.05, 3.63) is 0 Å². The molecule has 0 radical (unpaired) electrons. The maximum Gasteiger partial charge on any atom is 0.223 e. The van der Waals surface area contributed by atoms with E-state index < -0.39 is 0 Å². The summed E-state index contributed by atoms with van der Waals surface area (Å²) in [6.45, 7) is 0.289. The van der Waals surface area contributed by atoms with Crippen molar-refractivity contribution in [3.63, 3.8) is 0 Å². The normalized spacial score (nSPS) is 30.7. The summed E-state index contributed by atoms with van der Waals surface area (Å²) in [4.78, 5) is 12.2. The van der Waals surface area contributed by atoms with Crippen LogP contribution < -0.4 is 5.32 Å². The maximum absolute atomic E-state index is 12.2. The van der Waals surface area contributed by atoms with Crippen molar-refractivity contribution in [2.24, 2.45) is 11.8 Å². The first-order valence-electron chi connectivity index (χ1n) is 7.71. The lowest BCUT2D eigenvalue weighted by Crippen LogP contribution is -2.40. The number of carbonyl (C=O) groups excluding carboxylic acids is 1. The second-order valence-electron chi connectivity index (χ2n) is 6.10. The molecule has 2 rings (SSSR count). The topological polar surface area (TPSA) is 49.3 Å². The van der Waals surface area contributed by atoms with Gasteiger partial charge in [0.2, 0.25) is 5.91 Å². The van der Waals surface area contributed by atoms with Gasteiger partial charge in [0, 0.05) is 18.6 Å². The minimum absolute atomic E-state index is 0.205. The highest BCUT2D eigenvalue weighted by atomic mass is 16.3. The Morgan fingerprint density at radius 3 is 2.11 bits per heavy atom. The van der Waals surface area contributed by atoms with Crippen LogP contribution >= 0.6 is 0 Å². The standard InChI is InChI=1S/C15H27NO2/c17-11-12-7-9-13(10-8-12)15(18)16-14-5-3-1-2-4-6-14/h12-14,17H,1-11H2,(H,16,18). The Balaban J connectivity index is 1.74. The molecule has 0 aliphatic heterocycles. The fraction of sp³-hybridized carbons (Fsp3) is 0.933. The molecule has 2 aliphatic rings. The van der Waals surface area contributed by atoms with E-state index in [9.17, 15) is 4.79 Å². The van der Waals surface area contributed by atoms with E-state index in [1.165, 1.54) is 25.7 Å². The van der Waals surface area contributed by atoms with E-state index >= 15 is 0 Å². The molecule has 0 aromatic carbocycles. The molecule has 18 heavy (non-hydrogen) atoms. The summed E-state index contributed by atoms with van der Waals surface area (Å²) in [5, 5.41) is 12.4. The molecule has 0 bridgehead atoms. The van der Waals surface area contributed by atoms with Gasteiger partial charge in [-0.3, -0.25) is 4.79 Å². The molecule has 3 nitrogen and oxygen atoms in total. The molecule has 0 atom stereocenters. The Bertz CT molecular complexity index is 251. The van der Waals surface area contributed by atoms with Gasteiger partial charge in [-0.15, -0.1) is 0 Å². The summed E-state index contributed by atoms with van der Waals surface area (Å²) in [7, 11) is 0. The van der Waals surface area contributed by atoms with Crippen LogP contribution in [0.25, 0.3) is 0 Å². The second-order valence-corrected chi connectivity index (χ2v) is 6.10. The van der Waals surface area contributed by atoms with Gasteiger partial charge in [-0.1, -0.05) is 25.7 Å². The first kappa shape index (κ1) is 13.9. The Morgan fingerprint density at radius 1 is 0.944 bits per heavy atom. The van der Waals surface area contributed by atoms with Gasteiger partial charge in [0.05, 0.1) is 0 Å². The van der Waals surface area contributed by atoms with Gasteiger partial charge >= 0.3 is 0 Å². The van der Waals surface area contributed by atoms with Crippen LogP contribution in [0.3, 0.4) is 0 Å². The monoisotopic (exact) mass is 253 g/mol. The third-order valence-corrected chi connectivity index (χ3v) is 4.68. The van der Waals surface area contributed by atoms with Crippen molar-refractivity contribution in [1.29, 1.82) is 0 Å². The molecule has 3 heteroatoms. The highest BCUT2D eigenvalue weighted by Crippen LogP contribution is 2.29. The van der Waals surface area contributed by atoms with Crippen molar-refractivity contribution < 1.29 is 9.90 Å². The molecule has 104 valence electrons. The molecular weight excluding hydrogens is 226 g/mol. The quantitative estimate of drug-likeness (QED) is 0.760. The number of carbonyl (C=O) groups is 1. The Labute approximate surface area is 110 Å². The van der Waals surface area contributed by atoms with Crippen LogP contribution in [0, 0.1) is 11.8 Å². The molecule has 0 heterocycles. The van der Waals surface area contributed by atoms with Crippen molar-refractivity contribution in [2.45, 2.75) is 70.3 Å². The molecular formula is C15H27NO2. The Hall–Kier alpha value is -0.570. The average Bonchev–Trinajstić information content (AvgIpc) is 2.67. The lowest BCUT2D eigenvalue weighted by molar-refractivity contribution is -0.127. The van der Waals surface area contributed by atoms with E-state index in [4.69, 9.17) is 5.11 Å². The number of aliphatic hydroxyl groups excluding tert-OH is 1. The Morgan fingerprint density at radius 2 is 1.56 bits per heavy atom. The lowest BCUT2D eigenvalue weighted by Gasteiger charge is -2.28. The third kappa shape index (κ3) is 3.98. The third-order valence-electron chi connectivity index (χ3n) is 4.68. The van der Waals surface area contributed by atoms with Crippen LogP contribution in [0.1, 0.15) is 64.2 Å². The van der Waals surface area contributed by atoms with Gasteiger partial charge in [0.1, 0.15) is 0 Å². The number of nitrogens with one attached hydrogen (secondary N) is 1. The van der Waals surface area contributed by atoms with Crippen molar-refractivity contribution in [3.8, 4) is 0 Å². The number of aliphatic hydroxyl groups is 1. The van der Waals surface area contributed by atoms with Crippen LogP contribution in [0.5, 0.6) is 0 Å². The molecule has 0 unspecified atom stereocenters. The number of rotatable bonds is 3. The maximum atomic E-state index is 12.2. The first-order chi connectivity index (χ1) is 8.79. The van der Waals surface area contributed by atoms with Gasteiger partial charge in [0.25, 0.3) is 0 Å². The zero-order valence-electron chi connectivity index (χ0n) is 11.4. The van der Waals surface area contributed by atoms with Crippen LogP contribution in [-0.2, 0) is 4.79 Å². The predicted molar refractivity (Wildman–Crippen MR) is 72.2 cm³/mol.